The summed E-state index contributed by atoms with van der Waals surface area (Å²) in [5.74, 6) is 0.0744. The number of alkyl halides is 2. The summed E-state index contributed by atoms with van der Waals surface area (Å²) in [5.41, 5.74) is 4.63. The van der Waals surface area contributed by atoms with Gasteiger partial charge < -0.3 is 20.5 Å². The molecule has 2 aliphatic heterocycles. The van der Waals surface area contributed by atoms with Crippen LogP contribution in [0.25, 0.3) is 11.3 Å². The first-order valence-corrected chi connectivity index (χ1v) is 13.5. The van der Waals surface area contributed by atoms with E-state index in [0.29, 0.717) is 54.3 Å². The highest BCUT2D eigenvalue weighted by atomic mass is 32.2. The Hall–Kier alpha value is -3.26. The van der Waals surface area contributed by atoms with E-state index in [1.807, 2.05) is 13.2 Å². The van der Waals surface area contributed by atoms with E-state index in [2.05, 4.69) is 26.2 Å². The highest BCUT2D eigenvalue weighted by Crippen LogP contribution is 2.38. The molecule has 1 aromatic heterocycles. The molecule has 1 amide bonds. The third-order valence-electron chi connectivity index (χ3n) is 6.55. The normalized spacial score (nSPS) is 22.2. The zero-order valence-electron chi connectivity index (χ0n) is 20.9. The van der Waals surface area contributed by atoms with Crippen molar-refractivity contribution in [2.24, 2.45) is 4.99 Å². The molecule has 1 aromatic carbocycles. The van der Waals surface area contributed by atoms with Crippen LogP contribution in [0.5, 0.6) is 5.75 Å². The smallest absolute Gasteiger partial charge is 0.387 e. The van der Waals surface area contributed by atoms with Crippen molar-refractivity contribution in [3.63, 3.8) is 0 Å². The van der Waals surface area contributed by atoms with Crippen LogP contribution in [-0.4, -0.2) is 69.6 Å². The number of aliphatic hydroxyl groups is 1. The summed E-state index contributed by atoms with van der Waals surface area (Å²) in [6, 6.07) is 4.85. The van der Waals surface area contributed by atoms with Gasteiger partial charge in [-0.1, -0.05) is 0 Å². The Balaban J connectivity index is 1.46. The molecule has 38 heavy (non-hydrogen) atoms. The van der Waals surface area contributed by atoms with Crippen molar-refractivity contribution in [1.82, 2.24) is 25.5 Å². The number of anilines is 1. The number of hydrazine groups is 1. The molecule has 3 aliphatic rings. The molecule has 0 radical (unpaired) electrons. The van der Waals surface area contributed by atoms with Crippen molar-refractivity contribution in [2.75, 3.05) is 18.1 Å². The lowest BCUT2D eigenvalue weighted by molar-refractivity contribution is -0.113. The predicted molar refractivity (Wildman–Crippen MR) is 141 cm³/mol. The second-order valence-corrected chi connectivity index (χ2v) is 10.1. The van der Waals surface area contributed by atoms with Crippen LogP contribution in [0.4, 0.5) is 14.5 Å². The van der Waals surface area contributed by atoms with Gasteiger partial charge in [0.2, 0.25) is 0 Å². The minimum atomic E-state index is -3.02. The standard InChI is InChI=1S/C25H29F2N7O3S/c1-14-21(23-29-6-3-8-34(23)31-14)24(36)30-19-13-33(9-7-28-15-10-16(35)11-15)32-22(19)18-12-17(38-2)4-5-20(18)37-25(26)27/h3-6,8,12-16,25,28,31,35H,7,9-11H2,1-2H3,(H,30,36). The monoisotopic (exact) mass is 545 g/mol. The Labute approximate surface area is 222 Å². The summed E-state index contributed by atoms with van der Waals surface area (Å²) in [6.07, 6.45) is 9.86. The van der Waals surface area contributed by atoms with Crippen molar-refractivity contribution in [1.29, 1.82) is 0 Å². The first-order chi connectivity index (χ1) is 18.3. The maximum atomic E-state index is 13.5. The highest BCUT2D eigenvalue weighted by molar-refractivity contribution is 7.98. The number of amides is 1. The number of nitrogens with one attached hydrogen (secondary N) is 3. The van der Waals surface area contributed by atoms with Crippen LogP contribution in [-0.2, 0) is 11.3 Å². The SMILES string of the molecule is CSc1ccc(OC(F)F)c(-c2nn(CCNC3CC(O)C3)cc2NC(=O)C2=C3N=CC=CN3NC2C)c1. The van der Waals surface area contributed by atoms with Crippen molar-refractivity contribution in [2.45, 2.75) is 56.0 Å². The van der Waals surface area contributed by atoms with Crippen LogP contribution in [0.1, 0.15) is 19.8 Å². The van der Waals surface area contributed by atoms with Gasteiger partial charge in [-0.15, -0.1) is 11.8 Å². The minimum absolute atomic E-state index is 0.0359. The molecule has 10 nitrogen and oxygen atoms in total. The number of halogens is 2. The molecular weight excluding hydrogens is 516 g/mol. The van der Waals surface area contributed by atoms with E-state index in [-0.39, 0.29) is 29.8 Å². The lowest BCUT2D eigenvalue weighted by atomic mass is 9.90. The maximum Gasteiger partial charge on any atom is 0.387 e. The summed E-state index contributed by atoms with van der Waals surface area (Å²) in [6.45, 7) is -0.106. The summed E-state index contributed by atoms with van der Waals surface area (Å²) < 4.78 is 33.0. The number of hydrogen-bond acceptors (Lipinski definition) is 9. The van der Waals surface area contributed by atoms with E-state index in [1.165, 1.54) is 17.8 Å². The molecule has 3 heterocycles. The Bertz CT molecular complexity index is 1290. The number of rotatable bonds is 10. The molecule has 1 atom stereocenters. The van der Waals surface area contributed by atoms with Gasteiger partial charge in [-0.25, -0.2) is 10.4 Å². The number of aliphatic hydroxyl groups excluding tert-OH is 1. The molecule has 202 valence electrons. The van der Waals surface area contributed by atoms with Gasteiger partial charge in [0.25, 0.3) is 5.91 Å². The Kier molecular flexibility index (Phi) is 7.79. The first-order valence-electron chi connectivity index (χ1n) is 12.3. The first kappa shape index (κ1) is 26.4. The second-order valence-electron chi connectivity index (χ2n) is 9.20. The number of allylic oxidation sites excluding steroid dienone is 1. The van der Waals surface area contributed by atoms with Gasteiger partial charge in [-0.05, 0) is 50.3 Å². The second kappa shape index (κ2) is 11.2. The van der Waals surface area contributed by atoms with E-state index < -0.39 is 6.61 Å². The molecule has 1 aliphatic carbocycles. The fourth-order valence-corrected chi connectivity index (χ4v) is 5.05. The van der Waals surface area contributed by atoms with Gasteiger partial charge >= 0.3 is 6.61 Å². The van der Waals surface area contributed by atoms with E-state index in [0.717, 1.165) is 4.90 Å². The summed E-state index contributed by atoms with van der Waals surface area (Å²) in [5, 5.41) is 22.1. The van der Waals surface area contributed by atoms with E-state index >= 15 is 0 Å². The molecule has 0 saturated heterocycles. The number of thioether (sulfide) groups is 1. The van der Waals surface area contributed by atoms with E-state index in [4.69, 9.17) is 4.74 Å². The lowest BCUT2D eigenvalue weighted by Crippen LogP contribution is -2.45. The average Bonchev–Trinajstić information content (AvgIpc) is 3.42. The quantitative estimate of drug-likeness (QED) is 0.337. The molecule has 13 heteroatoms. The van der Waals surface area contributed by atoms with Crippen LogP contribution in [0.2, 0.25) is 0 Å². The van der Waals surface area contributed by atoms with Gasteiger partial charge in [0.15, 0.2) is 5.82 Å². The molecule has 4 N–H and O–H groups in total. The fourth-order valence-electron chi connectivity index (χ4n) is 4.61. The fraction of sp³-hybridized carbons (Fsp3) is 0.400. The van der Waals surface area contributed by atoms with E-state index in [1.54, 1.807) is 46.5 Å². The van der Waals surface area contributed by atoms with Crippen molar-refractivity contribution in [3.8, 4) is 17.0 Å². The van der Waals surface area contributed by atoms with Gasteiger partial charge in [0.05, 0.1) is 30.0 Å². The molecule has 1 fully saturated rings. The van der Waals surface area contributed by atoms with Gasteiger partial charge in [-0.3, -0.25) is 14.5 Å². The largest absolute Gasteiger partial charge is 0.434 e. The number of nitrogens with zero attached hydrogens (tertiary/aromatic N) is 4. The molecule has 0 bridgehead atoms. The van der Waals surface area contributed by atoms with Crippen LogP contribution in [0.3, 0.4) is 0 Å². The number of benzene rings is 1. The third kappa shape index (κ3) is 5.60. The van der Waals surface area contributed by atoms with Gasteiger partial charge in [0, 0.05) is 41.7 Å². The average molecular weight is 546 g/mol. The summed E-state index contributed by atoms with van der Waals surface area (Å²) >= 11 is 1.45. The predicted octanol–water partition coefficient (Wildman–Crippen LogP) is 2.94. The number of aromatic nitrogens is 2. The third-order valence-corrected chi connectivity index (χ3v) is 7.28. The molecular formula is C25H29F2N7O3S. The molecule has 1 saturated carbocycles. The van der Waals surface area contributed by atoms with Crippen LogP contribution >= 0.6 is 11.8 Å². The summed E-state index contributed by atoms with van der Waals surface area (Å²) in [7, 11) is 0. The van der Waals surface area contributed by atoms with Crippen LogP contribution in [0.15, 0.2) is 58.0 Å². The highest BCUT2D eigenvalue weighted by Gasteiger charge is 2.33. The minimum Gasteiger partial charge on any atom is -0.434 e. The summed E-state index contributed by atoms with van der Waals surface area (Å²) in [4.78, 5) is 18.6. The number of carbonyl (C=O) groups is 1. The number of fused-ring (bicyclic) bond motifs is 1. The number of carbonyl (C=O) groups excluding carboxylic acids is 1. The Morgan fingerprint density at radius 2 is 2.18 bits per heavy atom. The van der Waals surface area contributed by atoms with Crippen molar-refractivity contribution < 1.29 is 23.4 Å². The zero-order chi connectivity index (χ0) is 26.8. The van der Waals surface area contributed by atoms with Crippen LogP contribution in [0, 0.1) is 0 Å². The zero-order valence-corrected chi connectivity index (χ0v) is 21.7. The molecule has 0 spiro atoms. The molecule has 5 rings (SSSR count). The van der Waals surface area contributed by atoms with Gasteiger partial charge in [0.1, 0.15) is 11.4 Å². The lowest BCUT2D eigenvalue weighted by Gasteiger charge is -2.32. The van der Waals surface area contributed by atoms with Crippen molar-refractivity contribution in [3.05, 3.63) is 48.1 Å². The molecule has 1 unspecified atom stereocenters. The van der Waals surface area contributed by atoms with Crippen molar-refractivity contribution >= 4 is 29.6 Å². The topological polar surface area (TPSA) is 116 Å². The van der Waals surface area contributed by atoms with Crippen LogP contribution < -0.4 is 20.8 Å². The van der Waals surface area contributed by atoms with E-state index in [9.17, 15) is 18.7 Å². The Morgan fingerprint density at radius 3 is 2.92 bits per heavy atom. The Morgan fingerprint density at radius 1 is 1.37 bits per heavy atom. The molecule has 2 aromatic rings. The number of aliphatic imine (C=N–C) groups is 1. The number of hydrogen-bond donors (Lipinski definition) is 4. The maximum absolute atomic E-state index is 13.5. The van der Waals surface area contributed by atoms with Gasteiger partial charge in [-0.2, -0.15) is 13.9 Å². The number of ether oxygens (including phenoxy) is 1.